The molecule has 1 atom stereocenters. The topological polar surface area (TPSA) is 57.5 Å². The van der Waals surface area contributed by atoms with Crippen LogP contribution in [-0.4, -0.2) is 22.1 Å². The monoisotopic (exact) mass is 139 g/mol. The lowest BCUT2D eigenvalue weighted by Crippen LogP contribution is -2.28. The second-order valence-corrected chi connectivity index (χ2v) is 2.19. The van der Waals surface area contributed by atoms with E-state index in [-0.39, 0.29) is 12.2 Å². The van der Waals surface area contributed by atoms with Gasteiger partial charge in [0.15, 0.2) is 5.60 Å². The first kappa shape index (κ1) is 7.02. The third-order valence-corrected chi connectivity index (χ3v) is 1.33. The van der Waals surface area contributed by atoms with Gasteiger partial charge in [0.05, 0.1) is 0 Å². The summed E-state index contributed by atoms with van der Waals surface area (Å²) in [6.07, 6.45) is 5.42. The Morgan fingerprint density at radius 3 is 2.80 bits per heavy atom. The molecule has 1 unspecified atom stereocenters. The smallest absolute Gasteiger partial charge is 0.237 e. The summed E-state index contributed by atoms with van der Waals surface area (Å²) < 4.78 is 0. The van der Waals surface area contributed by atoms with Crippen molar-refractivity contribution in [3.63, 3.8) is 0 Å². The Kier molecular flexibility index (Phi) is 1.59. The van der Waals surface area contributed by atoms with E-state index in [4.69, 9.17) is 10.2 Å². The number of aliphatic hydroxyl groups is 2. The quantitative estimate of drug-likeness (QED) is 0.546. The minimum atomic E-state index is -1.52. The maximum atomic E-state index is 10.1. The van der Waals surface area contributed by atoms with E-state index in [1.54, 1.807) is 0 Å². The van der Waals surface area contributed by atoms with Crippen LogP contribution in [0.3, 0.4) is 0 Å². The largest absolute Gasteiger partial charge is 0.508 e. The van der Waals surface area contributed by atoms with E-state index in [1.807, 2.05) is 0 Å². The average Bonchev–Trinajstić information content (AvgIpc) is 1.96. The second kappa shape index (κ2) is 2.27. The molecule has 1 radical (unpaired) electrons. The number of rotatable bonds is 1. The molecule has 0 bridgehead atoms. The highest BCUT2D eigenvalue weighted by Crippen LogP contribution is 2.16. The van der Waals surface area contributed by atoms with Crippen molar-refractivity contribution in [2.75, 3.05) is 0 Å². The van der Waals surface area contributed by atoms with E-state index in [0.717, 1.165) is 0 Å². The van der Waals surface area contributed by atoms with Crippen molar-refractivity contribution in [2.45, 2.75) is 12.0 Å². The second-order valence-electron chi connectivity index (χ2n) is 2.19. The van der Waals surface area contributed by atoms with Crippen LogP contribution in [0.25, 0.3) is 0 Å². The van der Waals surface area contributed by atoms with Crippen LogP contribution in [0.15, 0.2) is 24.0 Å². The highest BCUT2D eigenvalue weighted by molar-refractivity contribution is 5.67. The van der Waals surface area contributed by atoms with Crippen molar-refractivity contribution in [2.24, 2.45) is 0 Å². The van der Waals surface area contributed by atoms with E-state index in [2.05, 4.69) is 0 Å². The van der Waals surface area contributed by atoms with Crippen LogP contribution in [0, 0.1) is 0 Å². The standard InChI is InChI=1S/C7H7O3/c8-5-7(10)3-1-6(9)2-4-7/h1-3,9-10H,4H2. The maximum absolute atomic E-state index is 10.1. The van der Waals surface area contributed by atoms with E-state index < -0.39 is 5.60 Å². The molecule has 1 rings (SSSR count). The SMILES string of the molecule is O=[C]C1(O)C=CC(O)=CC1. The minimum Gasteiger partial charge on any atom is -0.508 e. The van der Waals surface area contributed by atoms with Gasteiger partial charge in [0.2, 0.25) is 6.29 Å². The lowest BCUT2D eigenvalue weighted by Gasteiger charge is -2.16. The van der Waals surface area contributed by atoms with Crippen LogP contribution in [0.2, 0.25) is 0 Å². The molecule has 3 heteroatoms. The first-order valence-electron chi connectivity index (χ1n) is 2.86. The van der Waals surface area contributed by atoms with Gasteiger partial charge in [0, 0.05) is 6.42 Å². The predicted molar refractivity (Wildman–Crippen MR) is 35.1 cm³/mol. The molecule has 0 amide bonds. The summed E-state index contributed by atoms with van der Waals surface area (Å²) in [5.74, 6) is 0.0694. The summed E-state index contributed by atoms with van der Waals surface area (Å²) in [6.45, 7) is 0. The fourth-order valence-electron chi connectivity index (χ4n) is 0.695. The Bertz CT molecular complexity index is 205. The lowest BCUT2D eigenvalue weighted by molar-refractivity contribution is 0.157. The molecule has 0 aliphatic heterocycles. The highest BCUT2D eigenvalue weighted by atomic mass is 16.3. The molecular formula is C7H7O3. The molecule has 2 N–H and O–H groups in total. The number of allylic oxidation sites excluding steroid dienone is 1. The lowest BCUT2D eigenvalue weighted by atomic mass is 9.97. The summed E-state index contributed by atoms with van der Waals surface area (Å²) in [6, 6.07) is 0. The number of hydrogen-bond donors (Lipinski definition) is 2. The third-order valence-electron chi connectivity index (χ3n) is 1.33. The molecule has 0 spiro atoms. The van der Waals surface area contributed by atoms with Crippen molar-refractivity contribution >= 4 is 6.29 Å². The van der Waals surface area contributed by atoms with Crippen LogP contribution in [0.5, 0.6) is 0 Å². The molecular weight excluding hydrogens is 132 g/mol. The molecule has 53 valence electrons. The molecule has 1 aliphatic carbocycles. The van der Waals surface area contributed by atoms with E-state index in [1.165, 1.54) is 24.5 Å². The summed E-state index contributed by atoms with van der Waals surface area (Å²) in [5.41, 5.74) is -1.52. The molecule has 0 aromatic heterocycles. The van der Waals surface area contributed by atoms with E-state index in [9.17, 15) is 4.79 Å². The Labute approximate surface area is 58.3 Å². The van der Waals surface area contributed by atoms with Crippen molar-refractivity contribution in [3.05, 3.63) is 24.0 Å². The Morgan fingerprint density at radius 2 is 2.40 bits per heavy atom. The normalized spacial score (nSPS) is 31.5. The van der Waals surface area contributed by atoms with Gasteiger partial charge in [-0.3, -0.25) is 4.79 Å². The fourth-order valence-corrected chi connectivity index (χ4v) is 0.695. The summed E-state index contributed by atoms with van der Waals surface area (Å²) in [4.78, 5) is 10.1. The van der Waals surface area contributed by atoms with Crippen LogP contribution in [0.4, 0.5) is 0 Å². The van der Waals surface area contributed by atoms with Crippen LogP contribution in [-0.2, 0) is 4.79 Å². The first-order chi connectivity index (χ1) is 4.66. The minimum absolute atomic E-state index is 0.0694. The van der Waals surface area contributed by atoms with Crippen LogP contribution < -0.4 is 0 Å². The van der Waals surface area contributed by atoms with Gasteiger partial charge in [0.25, 0.3) is 0 Å². The first-order valence-corrected chi connectivity index (χ1v) is 2.86. The molecule has 0 heterocycles. The van der Waals surface area contributed by atoms with Crippen molar-refractivity contribution in [1.82, 2.24) is 0 Å². The molecule has 0 aromatic carbocycles. The molecule has 0 saturated heterocycles. The Morgan fingerprint density at radius 1 is 1.70 bits per heavy atom. The number of hydrogen-bond acceptors (Lipinski definition) is 3. The molecule has 0 fully saturated rings. The van der Waals surface area contributed by atoms with Gasteiger partial charge in [-0.05, 0) is 18.2 Å². The van der Waals surface area contributed by atoms with Crippen molar-refractivity contribution in [3.8, 4) is 0 Å². The fraction of sp³-hybridized carbons (Fsp3) is 0.286. The van der Waals surface area contributed by atoms with E-state index in [0.29, 0.717) is 0 Å². The maximum Gasteiger partial charge on any atom is 0.237 e. The summed E-state index contributed by atoms with van der Waals surface area (Å²) >= 11 is 0. The van der Waals surface area contributed by atoms with Crippen molar-refractivity contribution < 1.29 is 15.0 Å². The van der Waals surface area contributed by atoms with E-state index >= 15 is 0 Å². The molecule has 1 aliphatic rings. The van der Waals surface area contributed by atoms with Gasteiger partial charge < -0.3 is 10.2 Å². The van der Waals surface area contributed by atoms with Gasteiger partial charge in [-0.15, -0.1) is 0 Å². The average molecular weight is 139 g/mol. The van der Waals surface area contributed by atoms with Crippen LogP contribution >= 0.6 is 0 Å². The summed E-state index contributed by atoms with van der Waals surface area (Å²) in [7, 11) is 0. The van der Waals surface area contributed by atoms with Crippen LogP contribution in [0.1, 0.15) is 6.42 Å². The zero-order valence-electron chi connectivity index (χ0n) is 5.24. The van der Waals surface area contributed by atoms with Gasteiger partial charge >= 0.3 is 0 Å². The Hall–Kier alpha value is -1.09. The molecule has 0 aromatic rings. The molecule has 10 heavy (non-hydrogen) atoms. The zero-order valence-corrected chi connectivity index (χ0v) is 5.24. The number of aliphatic hydroxyl groups excluding tert-OH is 1. The van der Waals surface area contributed by atoms with Gasteiger partial charge in [-0.25, -0.2) is 0 Å². The Balaban J connectivity index is 2.76. The zero-order chi connectivity index (χ0) is 7.61. The van der Waals surface area contributed by atoms with Gasteiger partial charge in [-0.2, -0.15) is 0 Å². The molecule has 3 nitrogen and oxygen atoms in total. The predicted octanol–water partition coefficient (Wildman–Crippen LogP) is 0.229. The van der Waals surface area contributed by atoms with Gasteiger partial charge in [-0.1, -0.05) is 0 Å². The number of carbonyl (C=O) groups excluding carboxylic acids is 1. The third kappa shape index (κ3) is 1.25. The van der Waals surface area contributed by atoms with Gasteiger partial charge in [0.1, 0.15) is 5.76 Å². The highest BCUT2D eigenvalue weighted by Gasteiger charge is 2.24. The molecule has 0 saturated carbocycles. The summed E-state index contributed by atoms with van der Waals surface area (Å²) in [5, 5.41) is 17.9. The van der Waals surface area contributed by atoms with Crippen molar-refractivity contribution in [1.29, 1.82) is 0 Å².